The second-order valence-corrected chi connectivity index (χ2v) is 5.04. The largest absolute Gasteiger partial charge is 0.399 e. The molecule has 19 heavy (non-hydrogen) atoms. The number of rotatable bonds is 2. The minimum absolute atomic E-state index is 0.310. The van der Waals surface area contributed by atoms with Crippen LogP contribution in [0.5, 0.6) is 0 Å². The number of anilines is 3. The second-order valence-electron chi connectivity index (χ2n) is 4.18. The number of carbonyl (C=O) groups excluding carboxylic acids is 1. The van der Waals surface area contributed by atoms with Crippen molar-refractivity contribution in [2.24, 2.45) is 0 Å². The molecule has 2 aromatic carbocycles. The average Bonchev–Trinajstić information content (AvgIpc) is 2.37. The molecule has 0 spiro atoms. The summed E-state index contributed by atoms with van der Waals surface area (Å²) in [6, 6.07) is 12.5. The lowest BCUT2D eigenvalue weighted by Gasteiger charge is -2.10. The Bertz CT molecular complexity index is 596. The van der Waals surface area contributed by atoms with Gasteiger partial charge >= 0.3 is 6.03 Å². The zero-order valence-corrected chi connectivity index (χ0v) is 12.0. The molecular weight excluding hydrogens is 306 g/mol. The van der Waals surface area contributed by atoms with Crippen LogP contribution in [0.3, 0.4) is 0 Å². The Morgan fingerprint density at radius 3 is 2.47 bits per heavy atom. The van der Waals surface area contributed by atoms with Gasteiger partial charge in [0.15, 0.2) is 0 Å². The Balaban J connectivity index is 2.05. The molecular formula is C14H14BrN3O. The van der Waals surface area contributed by atoms with Crippen molar-refractivity contribution in [1.82, 2.24) is 0 Å². The fourth-order valence-corrected chi connectivity index (χ4v) is 1.91. The smallest absolute Gasteiger partial charge is 0.323 e. The number of hydrogen-bond acceptors (Lipinski definition) is 2. The van der Waals surface area contributed by atoms with Crippen molar-refractivity contribution >= 4 is 39.0 Å². The average molecular weight is 320 g/mol. The van der Waals surface area contributed by atoms with Gasteiger partial charge in [-0.2, -0.15) is 0 Å². The Hall–Kier alpha value is -2.01. The number of nitrogens with two attached hydrogens (primary N) is 1. The maximum atomic E-state index is 11.8. The van der Waals surface area contributed by atoms with Crippen LogP contribution < -0.4 is 16.4 Å². The van der Waals surface area contributed by atoms with Crippen LogP contribution in [0.4, 0.5) is 21.9 Å². The summed E-state index contributed by atoms with van der Waals surface area (Å²) in [6.07, 6.45) is 0. The number of carbonyl (C=O) groups is 1. The van der Waals surface area contributed by atoms with Crippen LogP contribution in [0.25, 0.3) is 0 Å². The lowest BCUT2D eigenvalue weighted by atomic mass is 10.2. The topological polar surface area (TPSA) is 67.2 Å². The van der Waals surface area contributed by atoms with Gasteiger partial charge in [-0.3, -0.25) is 0 Å². The van der Waals surface area contributed by atoms with E-state index in [2.05, 4.69) is 26.6 Å². The quantitative estimate of drug-likeness (QED) is 0.733. The first-order valence-electron chi connectivity index (χ1n) is 5.74. The number of urea groups is 1. The van der Waals surface area contributed by atoms with Crippen LogP contribution in [0.1, 0.15) is 5.56 Å². The Kier molecular flexibility index (Phi) is 4.06. The third-order valence-electron chi connectivity index (χ3n) is 2.55. The first kappa shape index (κ1) is 13.4. The van der Waals surface area contributed by atoms with Crippen molar-refractivity contribution in [3.8, 4) is 0 Å². The predicted octanol–water partition coefficient (Wildman–Crippen LogP) is 3.98. The highest BCUT2D eigenvalue weighted by molar-refractivity contribution is 9.10. The summed E-state index contributed by atoms with van der Waals surface area (Å²) in [6.45, 7) is 1.99. The summed E-state index contributed by atoms with van der Waals surface area (Å²) in [5, 5.41) is 5.49. The van der Waals surface area contributed by atoms with E-state index in [0.29, 0.717) is 11.4 Å². The summed E-state index contributed by atoms with van der Waals surface area (Å²) in [4.78, 5) is 11.8. The number of benzene rings is 2. The molecule has 4 N–H and O–H groups in total. The van der Waals surface area contributed by atoms with Gasteiger partial charge in [-0.1, -0.05) is 17.7 Å². The van der Waals surface area contributed by atoms with Gasteiger partial charge in [0, 0.05) is 15.8 Å². The highest BCUT2D eigenvalue weighted by Crippen LogP contribution is 2.24. The van der Waals surface area contributed by atoms with Gasteiger partial charge in [0.2, 0.25) is 0 Å². The van der Waals surface area contributed by atoms with E-state index >= 15 is 0 Å². The minimum Gasteiger partial charge on any atom is -0.399 e. The Morgan fingerprint density at radius 2 is 1.79 bits per heavy atom. The Labute approximate surface area is 120 Å². The van der Waals surface area contributed by atoms with Gasteiger partial charge in [-0.15, -0.1) is 0 Å². The maximum Gasteiger partial charge on any atom is 0.323 e. The number of nitrogens with one attached hydrogen (secondary N) is 2. The van der Waals surface area contributed by atoms with Gasteiger partial charge in [-0.05, 0) is 53.2 Å². The highest BCUT2D eigenvalue weighted by Gasteiger charge is 2.06. The second kappa shape index (κ2) is 5.75. The van der Waals surface area contributed by atoms with Crippen molar-refractivity contribution in [1.29, 1.82) is 0 Å². The van der Waals surface area contributed by atoms with Gasteiger partial charge in [-0.25, -0.2) is 4.79 Å². The Morgan fingerprint density at radius 1 is 1.11 bits per heavy atom. The third kappa shape index (κ3) is 3.72. The zero-order chi connectivity index (χ0) is 13.8. The molecule has 2 amide bonds. The summed E-state index contributed by atoms with van der Waals surface area (Å²) < 4.78 is 0.778. The van der Waals surface area contributed by atoms with Crippen LogP contribution in [0, 0.1) is 6.92 Å². The molecule has 0 aromatic heterocycles. The van der Waals surface area contributed by atoms with E-state index in [0.717, 1.165) is 15.7 Å². The number of aryl methyl sites for hydroxylation is 1. The van der Waals surface area contributed by atoms with Crippen LogP contribution >= 0.6 is 15.9 Å². The summed E-state index contributed by atoms with van der Waals surface area (Å²) in [5.41, 5.74) is 8.78. The van der Waals surface area contributed by atoms with E-state index in [1.807, 2.05) is 31.2 Å². The zero-order valence-electron chi connectivity index (χ0n) is 10.4. The molecule has 4 nitrogen and oxygen atoms in total. The molecule has 0 radical (unpaired) electrons. The molecule has 0 fully saturated rings. The molecule has 5 heteroatoms. The van der Waals surface area contributed by atoms with E-state index in [4.69, 9.17) is 5.73 Å². The van der Waals surface area contributed by atoms with Gasteiger partial charge in [0.25, 0.3) is 0 Å². The SMILES string of the molecule is Cc1ccc(NC(=O)Nc2cc(N)ccc2Br)cc1. The molecule has 2 aromatic rings. The third-order valence-corrected chi connectivity index (χ3v) is 3.24. The first-order valence-corrected chi connectivity index (χ1v) is 6.53. The van der Waals surface area contributed by atoms with Crippen molar-refractivity contribution in [2.45, 2.75) is 6.92 Å². The fraction of sp³-hybridized carbons (Fsp3) is 0.0714. The summed E-state index contributed by atoms with van der Waals surface area (Å²) in [5.74, 6) is 0. The van der Waals surface area contributed by atoms with Crippen molar-refractivity contribution in [3.05, 3.63) is 52.5 Å². The molecule has 0 saturated carbocycles. The number of amides is 2. The molecule has 0 aliphatic rings. The van der Waals surface area contributed by atoms with Crippen molar-refractivity contribution < 1.29 is 4.79 Å². The lowest BCUT2D eigenvalue weighted by Crippen LogP contribution is -2.19. The van der Waals surface area contributed by atoms with Crippen molar-refractivity contribution in [3.63, 3.8) is 0 Å². The lowest BCUT2D eigenvalue weighted by molar-refractivity contribution is 0.262. The van der Waals surface area contributed by atoms with Crippen LogP contribution in [-0.4, -0.2) is 6.03 Å². The van der Waals surface area contributed by atoms with E-state index in [-0.39, 0.29) is 6.03 Å². The monoisotopic (exact) mass is 319 g/mol. The van der Waals surface area contributed by atoms with Crippen molar-refractivity contribution in [2.75, 3.05) is 16.4 Å². The standard InChI is InChI=1S/C14H14BrN3O/c1-9-2-5-11(6-3-9)17-14(19)18-13-8-10(16)4-7-12(13)15/h2-8H,16H2,1H3,(H2,17,18,19). The first-order chi connectivity index (χ1) is 9.04. The highest BCUT2D eigenvalue weighted by atomic mass is 79.9. The van der Waals surface area contributed by atoms with E-state index < -0.39 is 0 Å². The predicted molar refractivity (Wildman–Crippen MR) is 82.4 cm³/mol. The van der Waals surface area contributed by atoms with Crippen LogP contribution in [-0.2, 0) is 0 Å². The number of halogens is 1. The molecule has 0 unspecified atom stereocenters. The number of nitrogen functional groups attached to an aromatic ring is 1. The van der Waals surface area contributed by atoms with E-state index in [9.17, 15) is 4.79 Å². The molecule has 98 valence electrons. The van der Waals surface area contributed by atoms with Crippen LogP contribution in [0.2, 0.25) is 0 Å². The van der Waals surface area contributed by atoms with Crippen LogP contribution in [0.15, 0.2) is 46.9 Å². The normalized spacial score (nSPS) is 10.0. The molecule has 2 rings (SSSR count). The maximum absolute atomic E-state index is 11.8. The van der Waals surface area contributed by atoms with Gasteiger partial charge < -0.3 is 16.4 Å². The van der Waals surface area contributed by atoms with Gasteiger partial charge in [0.05, 0.1) is 5.69 Å². The summed E-state index contributed by atoms with van der Waals surface area (Å²) in [7, 11) is 0. The molecule has 0 bridgehead atoms. The number of hydrogen-bond donors (Lipinski definition) is 3. The molecule has 0 aliphatic carbocycles. The van der Waals surface area contributed by atoms with E-state index in [1.54, 1.807) is 18.2 Å². The molecule has 0 atom stereocenters. The minimum atomic E-state index is -0.310. The van der Waals surface area contributed by atoms with E-state index in [1.165, 1.54) is 0 Å². The molecule has 0 aliphatic heterocycles. The molecule has 0 heterocycles. The summed E-state index contributed by atoms with van der Waals surface area (Å²) >= 11 is 3.36. The fourth-order valence-electron chi connectivity index (χ4n) is 1.56. The molecule has 0 saturated heterocycles. The van der Waals surface area contributed by atoms with Gasteiger partial charge in [0.1, 0.15) is 0 Å².